The highest BCUT2D eigenvalue weighted by Crippen LogP contribution is 2.17. The van der Waals surface area contributed by atoms with Crippen molar-refractivity contribution in [3.8, 4) is 0 Å². The van der Waals surface area contributed by atoms with Crippen LogP contribution in [0.2, 0.25) is 0 Å². The fourth-order valence-corrected chi connectivity index (χ4v) is 3.51. The smallest absolute Gasteiger partial charge is 0.261 e. The second kappa shape index (κ2) is 8.87. The maximum atomic E-state index is 12.9. The third kappa shape index (κ3) is 5.00. The van der Waals surface area contributed by atoms with Crippen molar-refractivity contribution >= 4 is 40.2 Å². The van der Waals surface area contributed by atoms with Crippen molar-refractivity contribution < 1.29 is 14.0 Å². The SMILES string of the molecule is CN(CC(=O)Nc1ccc(F)cc1)C(=O)CSc1nc2ccccc2c(=O)n1C. The summed E-state index contributed by atoms with van der Waals surface area (Å²) >= 11 is 1.13. The van der Waals surface area contributed by atoms with Gasteiger partial charge in [0, 0.05) is 19.8 Å². The number of carbonyl (C=O) groups is 2. The zero-order chi connectivity index (χ0) is 21.0. The van der Waals surface area contributed by atoms with Crippen LogP contribution in [-0.4, -0.2) is 45.6 Å². The van der Waals surface area contributed by atoms with Gasteiger partial charge in [-0.2, -0.15) is 0 Å². The standard InChI is InChI=1S/C20H19FN4O3S/c1-24(11-17(26)22-14-9-7-13(21)8-10-14)18(27)12-29-20-23-16-6-4-3-5-15(16)19(28)25(20)2/h3-10H,11-12H2,1-2H3,(H,22,26). The number of hydrogen-bond donors (Lipinski definition) is 1. The van der Waals surface area contributed by atoms with Crippen LogP contribution < -0.4 is 10.9 Å². The lowest BCUT2D eigenvalue weighted by Crippen LogP contribution is -2.36. The lowest BCUT2D eigenvalue weighted by atomic mass is 10.2. The first-order valence-electron chi connectivity index (χ1n) is 8.73. The number of fused-ring (bicyclic) bond motifs is 1. The summed E-state index contributed by atoms with van der Waals surface area (Å²) in [6, 6.07) is 12.4. The second-order valence-electron chi connectivity index (χ2n) is 6.37. The molecule has 0 bridgehead atoms. The van der Waals surface area contributed by atoms with Gasteiger partial charge in [-0.05, 0) is 36.4 Å². The summed E-state index contributed by atoms with van der Waals surface area (Å²) in [5, 5.41) is 3.54. The van der Waals surface area contributed by atoms with Crippen molar-refractivity contribution in [3.63, 3.8) is 0 Å². The number of anilines is 1. The summed E-state index contributed by atoms with van der Waals surface area (Å²) < 4.78 is 14.3. The number of rotatable bonds is 6. The number of nitrogens with zero attached hydrogens (tertiary/aromatic N) is 3. The Labute approximate surface area is 170 Å². The Kier molecular flexibility index (Phi) is 6.28. The Hall–Kier alpha value is -3.20. The van der Waals surface area contributed by atoms with E-state index in [2.05, 4.69) is 10.3 Å². The molecule has 0 spiro atoms. The molecule has 0 aliphatic rings. The molecule has 29 heavy (non-hydrogen) atoms. The Morgan fingerprint density at radius 3 is 2.59 bits per heavy atom. The van der Waals surface area contributed by atoms with Crippen LogP contribution in [0.3, 0.4) is 0 Å². The van der Waals surface area contributed by atoms with Gasteiger partial charge < -0.3 is 10.2 Å². The highest BCUT2D eigenvalue weighted by atomic mass is 32.2. The van der Waals surface area contributed by atoms with Crippen LogP contribution in [0, 0.1) is 5.82 Å². The summed E-state index contributed by atoms with van der Waals surface area (Å²) in [7, 11) is 3.12. The number of halogens is 1. The van der Waals surface area contributed by atoms with E-state index in [4.69, 9.17) is 0 Å². The molecule has 150 valence electrons. The second-order valence-corrected chi connectivity index (χ2v) is 7.31. The highest BCUT2D eigenvalue weighted by Gasteiger charge is 2.16. The Morgan fingerprint density at radius 1 is 1.17 bits per heavy atom. The topological polar surface area (TPSA) is 84.3 Å². The number of likely N-dealkylation sites (N-methyl/N-ethyl adjacent to an activating group) is 1. The summed E-state index contributed by atoms with van der Waals surface area (Å²) in [6.07, 6.45) is 0. The van der Waals surface area contributed by atoms with Crippen molar-refractivity contribution in [3.05, 3.63) is 64.7 Å². The number of nitrogens with one attached hydrogen (secondary N) is 1. The molecule has 9 heteroatoms. The van der Waals surface area contributed by atoms with Crippen LogP contribution in [0.4, 0.5) is 10.1 Å². The van der Waals surface area contributed by atoms with Gasteiger partial charge >= 0.3 is 0 Å². The van der Waals surface area contributed by atoms with Crippen LogP contribution in [0.5, 0.6) is 0 Å². The summed E-state index contributed by atoms with van der Waals surface area (Å²) in [4.78, 5) is 42.6. The Balaban J connectivity index is 1.59. The van der Waals surface area contributed by atoms with E-state index in [1.807, 2.05) is 0 Å². The van der Waals surface area contributed by atoms with Crippen LogP contribution in [-0.2, 0) is 16.6 Å². The molecule has 0 aliphatic carbocycles. The number of amides is 2. The summed E-state index contributed by atoms with van der Waals surface area (Å²) in [5.74, 6) is -1.05. The van der Waals surface area contributed by atoms with E-state index in [9.17, 15) is 18.8 Å². The molecule has 2 amide bonds. The fourth-order valence-electron chi connectivity index (χ4n) is 2.60. The highest BCUT2D eigenvalue weighted by molar-refractivity contribution is 7.99. The zero-order valence-corrected chi connectivity index (χ0v) is 16.7. The normalized spacial score (nSPS) is 10.7. The van der Waals surface area contributed by atoms with E-state index in [1.54, 1.807) is 31.3 Å². The lowest BCUT2D eigenvalue weighted by Gasteiger charge is -2.17. The first-order valence-corrected chi connectivity index (χ1v) is 9.71. The minimum absolute atomic E-state index is 0.0267. The minimum Gasteiger partial charge on any atom is -0.336 e. The van der Waals surface area contributed by atoms with Gasteiger partial charge in [0.25, 0.3) is 5.56 Å². The Morgan fingerprint density at radius 2 is 1.86 bits per heavy atom. The average Bonchev–Trinajstić information content (AvgIpc) is 2.71. The van der Waals surface area contributed by atoms with Gasteiger partial charge in [0.1, 0.15) is 5.82 Å². The molecular formula is C20H19FN4O3S. The molecule has 0 aliphatic heterocycles. The lowest BCUT2D eigenvalue weighted by molar-refractivity contribution is -0.131. The first-order chi connectivity index (χ1) is 13.8. The minimum atomic E-state index is -0.399. The molecule has 0 radical (unpaired) electrons. The van der Waals surface area contributed by atoms with E-state index < -0.39 is 11.7 Å². The average molecular weight is 414 g/mol. The molecule has 3 aromatic rings. The van der Waals surface area contributed by atoms with Crippen LogP contribution in [0.15, 0.2) is 58.5 Å². The molecular weight excluding hydrogens is 395 g/mol. The quantitative estimate of drug-likeness (QED) is 0.494. The van der Waals surface area contributed by atoms with Crippen molar-refractivity contribution in [1.82, 2.24) is 14.5 Å². The monoisotopic (exact) mass is 414 g/mol. The maximum absolute atomic E-state index is 12.9. The van der Waals surface area contributed by atoms with Gasteiger partial charge in [-0.25, -0.2) is 9.37 Å². The fraction of sp³-hybridized carbons (Fsp3) is 0.200. The largest absolute Gasteiger partial charge is 0.336 e. The van der Waals surface area contributed by atoms with Gasteiger partial charge in [-0.3, -0.25) is 19.0 Å². The first kappa shape index (κ1) is 20.5. The zero-order valence-electron chi connectivity index (χ0n) is 15.9. The third-order valence-electron chi connectivity index (χ3n) is 4.20. The third-order valence-corrected chi connectivity index (χ3v) is 5.22. The number of para-hydroxylation sites is 1. The molecule has 3 rings (SSSR count). The number of carbonyl (C=O) groups excluding carboxylic acids is 2. The van der Waals surface area contributed by atoms with Gasteiger partial charge in [0.15, 0.2) is 5.16 Å². The van der Waals surface area contributed by atoms with Gasteiger partial charge in [-0.1, -0.05) is 23.9 Å². The van der Waals surface area contributed by atoms with Gasteiger partial charge in [0.2, 0.25) is 11.8 Å². The molecule has 7 nitrogen and oxygen atoms in total. The molecule has 1 N–H and O–H groups in total. The van der Waals surface area contributed by atoms with Crippen molar-refractivity contribution in [2.75, 3.05) is 24.7 Å². The number of benzene rings is 2. The molecule has 1 aromatic heterocycles. The summed E-state index contributed by atoms with van der Waals surface area (Å²) in [5.41, 5.74) is 0.831. The predicted molar refractivity (Wildman–Crippen MR) is 110 cm³/mol. The van der Waals surface area contributed by atoms with Crippen molar-refractivity contribution in [1.29, 1.82) is 0 Å². The van der Waals surface area contributed by atoms with Gasteiger partial charge in [-0.15, -0.1) is 0 Å². The van der Waals surface area contributed by atoms with Crippen molar-refractivity contribution in [2.24, 2.45) is 7.05 Å². The van der Waals surface area contributed by atoms with E-state index in [-0.39, 0.29) is 23.8 Å². The van der Waals surface area contributed by atoms with Gasteiger partial charge in [0.05, 0.1) is 23.2 Å². The van der Waals surface area contributed by atoms with Crippen LogP contribution in [0.1, 0.15) is 0 Å². The molecule has 0 atom stereocenters. The predicted octanol–water partition coefficient (Wildman–Crippen LogP) is 2.26. The molecule has 1 heterocycles. The number of hydrogen-bond acceptors (Lipinski definition) is 5. The number of aromatic nitrogens is 2. The van der Waals surface area contributed by atoms with Crippen molar-refractivity contribution in [2.45, 2.75) is 5.16 Å². The molecule has 0 saturated carbocycles. The molecule has 2 aromatic carbocycles. The van der Waals surface area contributed by atoms with Crippen LogP contribution in [0.25, 0.3) is 10.9 Å². The molecule has 0 unspecified atom stereocenters. The Bertz CT molecular complexity index is 1110. The van der Waals surface area contributed by atoms with E-state index in [0.29, 0.717) is 21.7 Å². The summed E-state index contributed by atoms with van der Waals surface area (Å²) in [6.45, 7) is -0.152. The molecule has 0 saturated heterocycles. The maximum Gasteiger partial charge on any atom is 0.261 e. The van der Waals surface area contributed by atoms with E-state index in [0.717, 1.165) is 11.8 Å². The van der Waals surface area contributed by atoms with E-state index >= 15 is 0 Å². The number of thioether (sulfide) groups is 1. The van der Waals surface area contributed by atoms with E-state index in [1.165, 1.54) is 40.8 Å². The van der Waals surface area contributed by atoms with Crippen LogP contribution >= 0.6 is 11.8 Å². The molecule has 0 fully saturated rings.